The lowest BCUT2D eigenvalue weighted by atomic mass is 9.95. The minimum Gasteiger partial charge on any atom is -0.373 e. The van der Waals surface area contributed by atoms with Crippen molar-refractivity contribution in [2.45, 2.75) is 18.9 Å². The zero-order chi connectivity index (χ0) is 12.9. The van der Waals surface area contributed by atoms with Gasteiger partial charge in [-0.1, -0.05) is 30.3 Å². The summed E-state index contributed by atoms with van der Waals surface area (Å²) in [5.74, 6) is 1.47. The van der Waals surface area contributed by atoms with E-state index in [9.17, 15) is 0 Å². The van der Waals surface area contributed by atoms with Crippen molar-refractivity contribution in [3.63, 3.8) is 0 Å². The number of ether oxygens (including phenoxy) is 1. The maximum atomic E-state index is 5.89. The zero-order valence-electron chi connectivity index (χ0n) is 11.1. The molecule has 2 heterocycles. The Morgan fingerprint density at radius 2 is 2.21 bits per heavy atom. The van der Waals surface area contributed by atoms with Crippen molar-refractivity contribution >= 4 is 5.96 Å². The van der Waals surface area contributed by atoms with Gasteiger partial charge in [0.1, 0.15) is 0 Å². The van der Waals surface area contributed by atoms with Gasteiger partial charge in [-0.15, -0.1) is 0 Å². The Morgan fingerprint density at radius 1 is 1.32 bits per heavy atom. The molecule has 2 N–H and O–H groups in total. The van der Waals surface area contributed by atoms with E-state index in [1.165, 1.54) is 5.56 Å². The predicted octanol–water partition coefficient (Wildman–Crippen LogP) is 1.70. The SMILES string of the molecule is c1ccc([C@@H]2OCC[C@H]2CNC2=NCCCN2)cc1. The van der Waals surface area contributed by atoms with Crippen LogP contribution < -0.4 is 10.6 Å². The second-order valence-corrected chi connectivity index (χ2v) is 5.14. The van der Waals surface area contributed by atoms with E-state index in [1.807, 2.05) is 6.07 Å². The monoisotopic (exact) mass is 259 g/mol. The summed E-state index contributed by atoms with van der Waals surface area (Å²) in [5, 5.41) is 6.72. The highest BCUT2D eigenvalue weighted by Gasteiger charge is 2.29. The van der Waals surface area contributed by atoms with Gasteiger partial charge >= 0.3 is 0 Å². The summed E-state index contributed by atoms with van der Waals surface area (Å²) in [6.07, 6.45) is 2.46. The maximum absolute atomic E-state index is 5.89. The van der Waals surface area contributed by atoms with Crippen LogP contribution in [0.4, 0.5) is 0 Å². The molecule has 0 spiro atoms. The highest BCUT2D eigenvalue weighted by Crippen LogP contribution is 2.33. The number of hydrogen-bond donors (Lipinski definition) is 2. The highest BCUT2D eigenvalue weighted by molar-refractivity contribution is 5.80. The quantitative estimate of drug-likeness (QED) is 0.868. The third-order valence-corrected chi connectivity index (χ3v) is 3.77. The lowest BCUT2D eigenvalue weighted by Crippen LogP contribution is -2.42. The Morgan fingerprint density at radius 3 is 3.00 bits per heavy atom. The predicted molar refractivity (Wildman–Crippen MR) is 76.2 cm³/mol. The number of nitrogens with one attached hydrogen (secondary N) is 2. The van der Waals surface area contributed by atoms with Crippen LogP contribution in [0.1, 0.15) is 24.5 Å². The Balaban J connectivity index is 1.59. The molecule has 102 valence electrons. The Labute approximate surface area is 114 Å². The molecule has 1 aromatic rings. The molecule has 0 unspecified atom stereocenters. The minimum atomic E-state index is 0.220. The van der Waals surface area contributed by atoms with Crippen LogP contribution in [0.5, 0.6) is 0 Å². The van der Waals surface area contributed by atoms with Crippen LogP contribution in [0, 0.1) is 5.92 Å². The van der Waals surface area contributed by atoms with Crippen molar-refractivity contribution in [1.29, 1.82) is 0 Å². The molecule has 4 heteroatoms. The van der Waals surface area contributed by atoms with E-state index in [-0.39, 0.29) is 6.10 Å². The van der Waals surface area contributed by atoms with E-state index in [4.69, 9.17) is 4.74 Å². The normalized spacial score (nSPS) is 26.6. The number of benzene rings is 1. The van der Waals surface area contributed by atoms with Crippen molar-refractivity contribution in [3.8, 4) is 0 Å². The molecule has 19 heavy (non-hydrogen) atoms. The number of hydrogen-bond acceptors (Lipinski definition) is 4. The van der Waals surface area contributed by atoms with Crippen LogP contribution >= 0.6 is 0 Å². The molecule has 0 saturated carbocycles. The third-order valence-electron chi connectivity index (χ3n) is 3.77. The van der Waals surface area contributed by atoms with Gasteiger partial charge in [-0.05, 0) is 18.4 Å². The first kappa shape index (κ1) is 12.5. The summed E-state index contributed by atoms with van der Waals surface area (Å²) in [7, 11) is 0. The molecule has 3 rings (SSSR count). The maximum Gasteiger partial charge on any atom is 0.191 e. The first-order chi connectivity index (χ1) is 9.43. The Kier molecular flexibility index (Phi) is 3.98. The molecule has 0 aliphatic carbocycles. The summed E-state index contributed by atoms with van der Waals surface area (Å²) in [6, 6.07) is 10.5. The molecule has 2 atom stereocenters. The van der Waals surface area contributed by atoms with Crippen LogP contribution in [-0.2, 0) is 4.74 Å². The van der Waals surface area contributed by atoms with Crippen molar-refractivity contribution in [2.75, 3.05) is 26.2 Å². The molecule has 0 bridgehead atoms. The summed E-state index contributed by atoms with van der Waals surface area (Å²) in [4.78, 5) is 4.44. The fourth-order valence-electron chi connectivity index (χ4n) is 2.73. The van der Waals surface area contributed by atoms with Gasteiger partial charge in [0.25, 0.3) is 0 Å². The molecule has 4 nitrogen and oxygen atoms in total. The first-order valence-corrected chi connectivity index (χ1v) is 7.12. The number of rotatable bonds is 3. The number of nitrogens with zero attached hydrogens (tertiary/aromatic N) is 1. The van der Waals surface area contributed by atoms with E-state index < -0.39 is 0 Å². The Bertz CT molecular complexity index is 432. The topological polar surface area (TPSA) is 45.6 Å². The van der Waals surface area contributed by atoms with E-state index >= 15 is 0 Å². The van der Waals surface area contributed by atoms with Crippen LogP contribution in [0.15, 0.2) is 35.3 Å². The van der Waals surface area contributed by atoms with Gasteiger partial charge in [0.15, 0.2) is 5.96 Å². The molecular formula is C15H21N3O. The lowest BCUT2D eigenvalue weighted by Gasteiger charge is -2.22. The van der Waals surface area contributed by atoms with Crippen LogP contribution in [0.3, 0.4) is 0 Å². The van der Waals surface area contributed by atoms with Crippen molar-refractivity contribution in [1.82, 2.24) is 10.6 Å². The molecule has 0 amide bonds. The minimum absolute atomic E-state index is 0.220. The molecule has 0 aromatic heterocycles. The second kappa shape index (κ2) is 6.06. The molecule has 1 saturated heterocycles. The molecule has 0 radical (unpaired) electrons. The largest absolute Gasteiger partial charge is 0.373 e. The number of guanidine groups is 1. The average molecular weight is 259 g/mol. The summed E-state index contributed by atoms with van der Waals surface area (Å²) >= 11 is 0. The second-order valence-electron chi connectivity index (χ2n) is 5.14. The van der Waals surface area contributed by atoms with Crippen LogP contribution in [0.2, 0.25) is 0 Å². The smallest absolute Gasteiger partial charge is 0.191 e. The van der Waals surface area contributed by atoms with E-state index in [1.54, 1.807) is 0 Å². The van der Waals surface area contributed by atoms with E-state index in [2.05, 4.69) is 39.9 Å². The molecular weight excluding hydrogens is 238 g/mol. The Hall–Kier alpha value is -1.55. The van der Waals surface area contributed by atoms with Crippen molar-refractivity contribution in [2.24, 2.45) is 10.9 Å². The molecule has 1 fully saturated rings. The number of aliphatic imine (C=N–C) groups is 1. The van der Waals surface area contributed by atoms with Gasteiger partial charge in [0.2, 0.25) is 0 Å². The van der Waals surface area contributed by atoms with Gasteiger partial charge in [-0.3, -0.25) is 4.99 Å². The van der Waals surface area contributed by atoms with Crippen molar-refractivity contribution in [3.05, 3.63) is 35.9 Å². The first-order valence-electron chi connectivity index (χ1n) is 7.12. The lowest BCUT2D eigenvalue weighted by molar-refractivity contribution is 0.0915. The fourth-order valence-corrected chi connectivity index (χ4v) is 2.73. The van der Waals surface area contributed by atoms with E-state index in [0.717, 1.165) is 45.0 Å². The van der Waals surface area contributed by atoms with Gasteiger partial charge < -0.3 is 15.4 Å². The van der Waals surface area contributed by atoms with Gasteiger partial charge in [-0.25, -0.2) is 0 Å². The summed E-state index contributed by atoms with van der Waals surface area (Å²) in [6.45, 7) is 3.73. The average Bonchev–Trinajstić information content (AvgIpc) is 2.95. The van der Waals surface area contributed by atoms with Crippen LogP contribution in [-0.4, -0.2) is 32.2 Å². The van der Waals surface area contributed by atoms with E-state index in [0.29, 0.717) is 5.92 Å². The van der Waals surface area contributed by atoms with Gasteiger partial charge in [0.05, 0.1) is 6.10 Å². The molecule has 2 aliphatic heterocycles. The van der Waals surface area contributed by atoms with Crippen molar-refractivity contribution < 1.29 is 4.74 Å². The highest BCUT2D eigenvalue weighted by atomic mass is 16.5. The fraction of sp³-hybridized carbons (Fsp3) is 0.533. The summed E-state index contributed by atoms with van der Waals surface area (Å²) < 4.78 is 5.89. The van der Waals surface area contributed by atoms with Crippen LogP contribution in [0.25, 0.3) is 0 Å². The molecule has 1 aromatic carbocycles. The standard InChI is InChI=1S/C15H21N3O/c1-2-5-12(6-3-1)14-13(7-10-19-14)11-18-15-16-8-4-9-17-15/h1-3,5-6,13-14H,4,7-11H2,(H2,16,17,18)/t13-,14-/m0/s1. The summed E-state index contributed by atoms with van der Waals surface area (Å²) in [5.41, 5.74) is 1.28. The third kappa shape index (κ3) is 3.07. The zero-order valence-corrected chi connectivity index (χ0v) is 11.1. The molecule has 2 aliphatic rings. The van der Waals surface area contributed by atoms with Gasteiger partial charge in [0, 0.05) is 32.2 Å². The van der Waals surface area contributed by atoms with Gasteiger partial charge in [-0.2, -0.15) is 0 Å².